The fourth-order valence-electron chi connectivity index (χ4n) is 2.49. The van der Waals surface area contributed by atoms with Crippen LogP contribution in [-0.4, -0.2) is 73.9 Å². The Balaban J connectivity index is 4.63. The van der Waals surface area contributed by atoms with Gasteiger partial charge in [0.2, 0.25) is 24.5 Å². The van der Waals surface area contributed by atoms with Gasteiger partial charge in [-0.15, -0.1) is 0 Å². The topological polar surface area (TPSA) is 230 Å². The Bertz CT molecular complexity index is 976. The summed E-state index contributed by atoms with van der Waals surface area (Å²) in [7, 11) is 0. The predicted octanol–water partition coefficient (Wildman–Crippen LogP) is 0.596. The standard InChI is InChI=1S/C22H26N4O12/c1-3-17(26-14-28)37-18(29)8-6-16(35-11-23)22(32)34-10-9-33-21(31)15(25-13-27)5-7-19(30)38-20(4-2)36-12-24/h15-17,20H,3-10H2,1-2H3. The monoisotopic (exact) mass is 538 g/mol. The molecule has 0 heterocycles. The van der Waals surface area contributed by atoms with Crippen molar-refractivity contribution < 1.29 is 57.2 Å². The van der Waals surface area contributed by atoms with Crippen LogP contribution in [0.3, 0.4) is 0 Å². The Labute approximate surface area is 217 Å². The van der Waals surface area contributed by atoms with E-state index in [4.69, 9.17) is 29.5 Å². The summed E-state index contributed by atoms with van der Waals surface area (Å²) in [4.78, 5) is 75.3. The minimum atomic E-state index is -1.46. The van der Waals surface area contributed by atoms with Crippen LogP contribution in [0.4, 0.5) is 0 Å². The summed E-state index contributed by atoms with van der Waals surface area (Å²) >= 11 is 0. The molecule has 0 amide bonds. The molecule has 0 N–H and O–H groups in total. The highest BCUT2D eigenvalue weighted by molar-refractivity contribution is 5.78. The third-order valence-electron chi connectivity index (χ3n) is 4.34. The van der Waals surface area contributed by atoms with E-state index in [2.05, 4.69) is 19.5 Å². The maximum Gasteiger partial charge on any atom is 0.348 e. The minimum Gasteiger partial charge on any atom is -0.460 e. The number of hydrogen-bond acceptors (Lipinski definition) is 16. The van der Waals surface area contributed by atoms with Crippen molar-refractivity contribution in [3.63, 3.8) is 0 Å². The van der Waals surface area contributed by atoms with Crippen LogP contribution in [0.25, 0.3) is 0 Å². The zero-order valence-electron chi connectivity index (χ0n) is 20.7. The first kappa shape index (κ1) is 33.2. The quantitative estimate of drug-likeness (QED) is 0.0417. The summed E-state index contributed by atoms with van der Waals surface area (Å²) in [5.74, 6) is -3.68. The van der Waals surface area contributed by atoms with E-state index in [1.54, 1.807) is 13.8 Å². The molecule has 0 saturated carbocycles. The molecule has 38 heavy (non-hydrogen) atoms. The third-order valence-corrected chi connectivity index (χ3v) is 4.34. The molecule has 0 aliphatic carbocycles. The lowest BCUT2D eigenvalue weighted by atomic mass is 10.1. The van der Waals surface area contributed by atoms with Crippen molar-refractivity contribution in [3.8, 4) is 12.5 Å². The average Bonchev–Trinajstić information content (AvgIpc) is 2.90. The van der Waals surface area contributed by atoms with E-state index >= 15 is 0 Å². The van der Waals surface area contributed by atoms with Crippen molar-refractivity contribution in [1.29, 1.82) is 10.5 Å². The highest BCUT2D eigenvalue weighted by Gasteiger charge is 2.25. The largest absolute Gasteiger partial charge is 0.460 e. The van der Waals surface area contributed by atoms with Gasteiger partial charge in [0.25, 0.3) is 18.8 Å². The molecule has 0 aromatic heterocycles. The fourth-order valence-corrected chi connectivity index (χ4v) is 2.49. The first-order valence-corrected chi connectivity index (χ1v) is 11.2. The van der Waals surface area contributed by atoms with E-state index in [1.165, 1.54) is 24.7 Å². The Kier molecular flexibility index (Phi) is 17.8. The summed E-state index contributed by atoms with van der Waals surface area (Å²) in [5.41, 5.74) is 0. The van der Waals surface area contributed by atoms with E-state index in [9.17, 15) is 28.8 Å². The van der Waals surface area contributed by atoms with E-state index in [0.29, 0.717) is 0 Å². The summed E-state index contributed by atoms with van der Waals surface area (Å²) in [6, 6.07) is -1.40. The molecule has 0 radical (unpaired) electrons. The first-order valence-electron chi connectivity index (χ1n) is 11.2. The molecule has 16 heteroatoms. The van der Waals surface area contributed by atoms with Gasteiger partial charge < -0.3 is 28.4 Å². The number of isocyanates is 2. The van der Waals surface area contributed by atoms with Gasteiger partial charge >= 0.3 is 23.9 Å². The van der Waals surface area contributed by atoms with Gasteiger partial charge in [0.1, 0.15) is 13.2 Å². The lowest BCUT2D eigenvalue weighted by molar-refractivity contribution is -0.168. The highest BCUT2D eigenvalue weighted by atomic mass is 16.7. The normalized spacial score (nSPS) is 12.7. The number of hydrogen-bond donors (Lipinski definition) is 0. The van der Waals surface area contributed by atoms with Gasteiger partial charge in [-0.2, -0.15) is 20.5 Å². The minimum absolute atomic E-state index is 0.204. The molecule has 4 atom stereocenters. The van der Waals surface area contributed by atoms with Gasteiger partial charge in [0.15, 0.2) is 6.04 Å². The molecule has 4 unspecified atom stereocenters. The molecular formula is C22H26N4O12. The number of esters is 4. The molecule has 0 aliphatic rings. The Morgan fingerprint density at radius 2 is 1.34 bits per heavy atom. The van der Waals surface area contributed by atoms with Crippen molar-refractivity contribution >= 4 is 36.0 Å². The molecule has 0 bridgehead atoms. The number of carbonyl (C=O) groups excluding carboxylic acids is 6. The second kappa shape index (κ2) is 20.4. The molecule has 0 aromatic rings. The van der Waals surface area contributed by atoms with Crippen molar-refractivity contribution in [1.82, 2.24) is 0 Å². The van der Waals surface area contributed by atoms with Gasteiger partial charge in [-0.25, -0.2) is 19.2 Å². The van der Waals surface area contributed by atoms with E-state index < -0.39 is 61.8 Å². The van der Waals surface area contributed by atoms with Crippen LogP contribution in [0, 0.1) is 23.0 Å². The average molecular weight is 538 g/mol. The molecule has 0 rings (SSSR count). The predicted molar refractivity (Wildman–Crippen MR) is 118 cm³/mol. The van der Waals surface area contributed by atoms with E-state index in [0.717, 1.165) is 0 Å². The Morgan fingerprint density at radius 1 is 0.763 bits per heavy atom. The van der Waals surface area contributed by atoms with Crippen LogP contribution in [0.1, 0.15) is 52.4 Å². The molecule has 0 fully saturated rings. The van der Waals surface area contributed by atoms with Crippen LogP contribution < -0.4 is 0 Å². The maximum atomic E-state index is 12.1. The smallest absolute Gasteiger partial charge is 0.348 e. The molecule has 206 valence electrons. The van der Waals surface area contributed by atoms with E-state index in [-0.39, 0.29) is 38.5 Å². The van der Waals surface area contributed by atoms with Gasteiger partial charge in [0, 0.05) is 32.1 Å². The molecular weight excluding hydrogens is 512 g/mol. The van der Waals surface area contributed by atoms with Gasteiger partial charge in [-0.3, -0.25) is 9.59 Å². The summed E-state index contributed by atoms with van der Waals surface area (Å²) in [6.45, 7) is 2.27. The number of carbonyl (C=O) groups is 4. The van der Waals surface area contributed by atoms with Crippen LogP contribution in [0.5, 0.6) is 0 Å². The van der Waals surface area contributed by atoms with Crippen molar-refractivity contribution in [3.05, 3.63) is 0 Å². The second-order valence-electron chi connectivity index (χ2n) is 6.96. The van der Waals surface area contributed by atoms with Crippen LogP contribution in [0.2, 0.25) is 0 Å². The van der Waals surface area contributed by atoms with Crippen molar-refractivity contribution in [2.75, 3.05) is 13.2 Å². The lowest BCUT2D eigenvalue weighted by Gasteiger charge is -2.15. The Morgan fingerprint density at radius 3 is 1.89 bits per heavy atom. The van der Waals surface area contributed by atoms with Crippen molar-refractivity contribution in [2.45, 2.75) is 77.0 Å². The number of nitrogens with zero attached hydrogens (tertiary/aromatic N) is 4. The summed E-state index contributed by atoms with van der Waals surface area (Å²) in [6.07, 6.45) is 0.694. The third kappa shape index (κ3) is 14.6. The number of rotatable bonds is 19. The van der Waals surface area contributed by atoms with Crippen LogP contribution in [-0.2, 0) is 57.2 Å². The summed E-state index contributed by atoms with van der Waals surface area (Å²) < 4.78 is 28.6. The SMILES string of the molecule is CCC(N=C=O)OC(=O)CCC(OC#N)C(=O)OCCOC(=O)C(CCC(=O)OC(CC)OC#N)N=C=O. The second-order valence-corrected chi connectivity index (χ2v) is 6.96. The van der Waals surface area contributed by atoms with Crippen LogP contribution >= 0.6 is 0 Å². The maximum absolute atomic E-state index is 12.1. The number of nitriles is 2. The zero-order chi connectivity index (χ0) is 28.8. The lowest BCUT2D eigenvalue weighted by Crippen LogP contribution is -2.29. The van der Waals surface area contributed by atoms with Gasteiger partial charge in [0.05, 0.1) is 0 Å². The highest BCUT2D eigenvalue weighted by Crippen LogP contribution is 2.10. The molecule has 0 aromatic carbocycles. The van der Waals surface area contributed by atoms with Crippen molar-refractivity contribution in [2.24, 2.45) is 9.98 Å². The van der Waals surface area contributed by atoms with E-state index in [1.807, 2.05) is 0 Å². The fraction of sp³-hybridized carbons (Fsp3) is 0.636. The molecule has 0 saturated heterocycles. The number of aliphatic imine (C=N–C) groups is 2. The first-order chi connectivity index (χ1) is 18.3. The van der Waals surface area contributed by atoms with Crippen LogP contribution in [0.15, 0.2) is 9.98 Å². The number of ether oxygens (including phenoxy) is 6. The molecule has 16 nitrogen and oxygen atoms in total. The molecule has 0 aliphatic heterocycles. The molecule has 0 spiro atoms. The van der Waals surface area contributed by atoms with Gasteiger partial charge in [-0.05, 0) is 6.42 Å². The Hall–Kier alpha value is -4.78. The zero-order valence-corrected chi connectivity index (χ0v) is 20.7. The summed E-state index contributed by atoms with van der Waals surface area (Å²) in [5, 5.41) is 17.2. The van der Waals surface area contributed by atoms with Gasteiger partial charge in [-0.1, -0.05) is 13.8 Å².